The number of hydrogen-bond donors (Lipinski definition) is 2. The molecule has 3 heterocycles. The molecule has 0 radical (unpaired) electrons. The quantitative estimate of drug-likeness (QED) is 0.586. The SMILES string of the molecule is C[C@H](O)CN(C[C@@H](C)O)c1nc2sc3c(c2c(=O)n1-c1ccc(Cl)cc1)CCN(C)C3. The molecule has 31 heavy (non-hydrogen) atoms. The first-order valence-corrected chi connectivity index (χ1v) is 11.6. The molecule has 0 unspecified atom stereocenters. The first-order valence-electron chi connectivity index (χ1n) is 10.4. The van der Waals surface area contributed by atoms with Gasteiger partial charge in [-0.1, -0.05) is 11.6 Å². The van der Waals surface area contributed by atoms with Crippen LogP contribution in [-0.4, -0.2) is 63.6 Å². The molecule has 3 aromatic rings. The third kappa shape index (κ3) is 4.49. The number of anilines is 1. The first-order chi connectivity index (χ1) is 14.7. The predicted molar refractivity (Wildman–Crippen MR) is 126 cm³/mol. The topological polar surface area (TPSA) is 81.8 Å². The Kier molecular flexibility index (Phi) is 6.37. The summed E-state index contributed by atoms with van der Waals surface area (Å²) in [6, 6.07) is 7.05. The highest BCUT2D eigenvalue weighted by Crippen LogP contribution is 2.34. The van der Waals surface area contributed by atoms with E-state index in [4.69, 9.17) is 16.6 Å². The van der Waals surface area contributed by atoms with Crippen LogP contribution in [0, 0.1) is 0 Å². The number of hydrogen-bond acceptors (Lipinski definition) is 7. The lowest BCUT2D eigenvalue weighted by Gasteiger charge is -2.28. The third-order valence-corrected chi connectivity index (χ3v) is 6.75. The number of nitrogens with zero attached hydrogens (tertiary/aromatic N) is 4. The van der Waals surface area contributed by atoms with Crippen molar-refractivity contribution in [3.63, 3.8) is 0 Å². The fraction of sp³-hybridized carbons (Fsp3) is 0.455. The van der Waals surface area contributed by atoms with Gasteiger partial charge in [0.15, 0.2) is 0 Å². The molecule has 1 aliphatic rings. The van der Waals surface area contributed by atoms with E-state index in [1.54, 1.807) is 58.9 Å². The van der Waals surface area contributed by atoms with Crippen LogP contribution in [0.25, 0.3) is 15.9 Å². The smallest absolute Gasteiger partial charge is 0.268 e. The van der Waals surface area contributed by atoms with E-state index in [0.29, 0.717) is 26.9 Å². The largest absolute Gasteiger partial charge is 0.392 e. The molecule has 2 atom stereocenters. The fourth-order valence-corrected chi connectivity index (χ4v) is 5.48. The van der Waals surface area contributed by atoms with Crippen molar-refractivity contribution in [2.45, 2.75) is 39.0 Å². The second-order valence-electron chi connectivity index (χ2n) is 8.30. The molecule has 0 saturated carbocycles. The molecule has 4 rings (SSSR count). The van der Waals surface area contributed by atoms with Gasteiger partial charge in [-0.2, -0.15) is 0 Å². The summed E-state index contributed by atoms with van der Waals surface area (Å²) in [7, 11) is 2.07. The molecule has 7 nitrogen and oxygen atoms in total. The van der Waals surface area contributed by atoms with Crippen LogP contribution in [0.4, 0.5) is 5.95 Å². The molecule has 0 fully saturated rings. The lowest BCUT2D eigenvalue weighted by molar-refractivity contribution is 0.177. The van der Waals surface area contributed by atoms with Crippen LogP contribution in [0.5, 0.6) is 0 Å². The van der Waals surface area contributed by atoms with Crippen LogP contribution in [0.1, 0.15) is 24.3 Å². The van der Waals surface area contributed by atoms with Crippen LogP contribution < -0.4 is 10.5 Å². The molecule has 0 amide bonds. The zero-order chi connectivity index (χ0) is 22.3. The van der Waals surface area contributed by atoms with Crippen LogP contribution in [0.15, 0.2) is 29.1 Å². The molecule has 0 saturated heterocycles. The van der Waals surface area contributed by atoms with Crippen molar-refractivity contribution < 1.29 is 10.2 Å². The lowest BCUT2D eigenvalue weighted by atomic mass is 10.1. The van der Waals surface area contributed by atoms with Gasteiger partial charge in [0.25, 0.3) is 5.56 Å². The molecule has 0 spiro atoms. The second kappa shape index (κ2) is 8.88. The van der Waals surface area contributed by atoms with E-state index in [-0.39, 0.29) is 18.6 Å². The lowest BCUT2D eigenvalue weighted by Crippen LogP contribution is -2.40. The number of fused-ring (bicyclic) bond motifs is 3. The van der Waals surface area contributed by atoms with Crippen LogP contribution in [0.3, 0.4) is 0 Å². The van der Waals surface area contributed by atoms with Gasteiger partial charge < -0.3 is 20.0 Å². The zero-order valence-corrected chi connectivity index (χ0v) is 19.4. The normalized spacial score (nSPS) is 16.3. The van der Waals surface area contributed by atoms with Gasteiger partial charge in [-0.25, -0.2) is 9.55 Å². The average Bonchev–Trinajstić information content (AvgIpc) is 3.05. The molecule has 2 N–H and O–H groups in total. The van der Waals surface area contributed by atoms with Crippen molar-refractivity contribution in [2.24, 2.45) is 0 Å². The average molecular weight is 463 g/mol. The Labute approximate surface area is 190 Å². The number of likely N-dealkylation sites (N-methyl/N-ethyl adjacent to an activating group) is 1. The van der Waals surface area contributed by atoms with Crippen molar-refractivity contribution in [2.75, 3.05) is 31.6 Å². The standard InChI is InChI=1S/C22H27ClN4O3S/c1-13(28)10-26(11-14(2)29)22-24-20-19(17-8-9-25(3)12-18(17)31-20)21(30)27(22)16-6-4-15(23)5-7-16/h4-7,13-14,28-29H,8-12H2,1-3H3/t13-,14+. The van der Waals surface area contributed by atoms with E-state index >= 15 is 0 Å². The summed E-state index contributed by atoms with van der Waals surface area (Å²) in [5.74, 6) is 0.411. The van der Waals surface area contributed by atoms with Crippen molar-refractivity contribution in [3.05, 3.63) is 50.1 Å². The molecule has 1 aliphatic heterocycles. The minimum atomic E-state index is -0.657. The Morgan fingerprint density at radius 3 is 2.45 bits per heavy atom. The summed E-state index contributed by atoms with van der Waals surface area (Å²) in [5.41, 5.74) is 1.60. The number of halogens is 1. The summed E-state index contributed by atoms with van der Waals surface area (Å²) in [6.07, 6.45) is -0.501. The Hall–Kier alpha value is -1.97. The molecular weight excluding hydrogens is 436 g/mol. The maximum atomic E-state index is 13.9. The number of rotatable bonds is 6. The fourth-order valence-electron chi connectivity index (χ4n) is 4.07. The van der Waals surface area contributed by atoms with Crippen LogP contribution in [-0.2, 0) is 13.0 Å². The summed E-state index contributed by atoms with van der Waals surface area (Å²) >= 11 is 7.64. The minimum absolute atomic E-state index is 0.134. The Bertz CT molecular complexity index is 1130. The molecule has 1 aromatic carbocycles. The summed E-state index contributed by atoms with van der Waals surface area (Å²) in [5, 5.41) is 21.4. The summed E-state index contributed by atoms with van der Waals surface area (Å²) in [4.78, 5) is 24.6. The first kappa shape index (κ1) is 22.2. The number of thiophene rings is 1. The Morgan fingerprint density at radius 2 is 1.84 bits per heavy atom. The monoisotopic (exact) mass is 462 g/mol. The van der Waals surface area contributed by atoms with Crippen molar-refractivity contribution in [3.8, 4) is 5.69 Å². The Morgan fingerprint density at radius 1 is 1.19 bits per heavy atom. The van der Waals surface area contributed by atoms with Gasteiger partial charge in [-0.15, -0.1) is 11.3 Å². The summed E-state index contributed by atoms with van der Waals surface area (Å²) < 4.78 is 1.58. The van der Waals surface area contributed by atoms with E-state index in [1.807, 2.05) is 0 Å². The molecule has 166 valence electrons. The Balaban J connectivity index is 1.99. The molecule has 0 bridgehead atoms. The van der Waals surface area contributed by atoms with Gasteiger partial charge >= 0.3 is 0 Å². The van der Waals surface area contributed by atoms with Gasteiger partial charge in [-0.05, 0) is 57.1 Å². The molecular formula is C22H27ClN4O3S. The maximum Gasteiger partial charge on any atom is 0.268 e. The molecule has 9 heteroatoms. The van der Waals surface area contributed by atoms with Gasteiger partial charge in [-0.3, -0.25) is 4.79 Å². The van der Waals surface area contributed by atoms with E-state index in [2.05, 4.69) is 11.9 Å². The second-order valence-corrected chi connectivity index (χ2v) is 9.82. The highest BCUT2D eigenvalue weighted by molar-refractivity contribution is 7.18. The minimum Gasteiger partial charge on any atom is -0.392 e. The highest BCUT2D eigenvalue weighted by Gasteiger charge is 2.26. The van der Waals surface area contributed by atoms with Crippen LogP contribution >= 0.6 is 22.9 Å². The van der Waals surface area contributed by atoms with Crippen molar-refractivity contribution in [1.82, 2.24) is 14.5 Å². The number of aliphatic hydroxyl groups is 2. The highest BCUT2D eigenvalue weighted by atomic mass is 35.5. The number of benzene rings is 1. The molecule has 2 aromatic heterocycles. The van der Waals surface area contributed by atoms with E-state index in [9.17, 15) is 15.0 Å². The number of aromatic nitrogens is 2. The van der Waals surface area contributed by atoms with Crippen molar-refractivity contribution in [1.29, 1.82) is 0 Å². The predicted octanol–water partition coefficient (Wildman–Crippen LogP) is 2.66. The van der Waals surface area contributed by atoms with E-state index < -0.39 is 12.2 Å². The van der Waals surface area contributed by atoms with Gasteiger partial charge in [0.05, 0.1) is 23.3 Å². The van der Waals surface area contributed by atoms with Gasteiger partial charge in [0.2, 0.25) is 5.95 Å². The summed E-state index contributed by atoms with van der Waals surface area (Å²) in [6.45, 7) is 5.54. The van der Waals surface area contributed by atoms with E-state index in [1.165, 1.54) is 4.88 Å². The maximum absolute atomic E-state index is 13.9. The third-order valence-electron chi connectivity index (χ3n) is 5.38. The van der Waals surface area contributed by atoms with E-state index in [0.717, 1.165) is 25.1 Å². The van der Waals surface area contributed by atoms with Crippen LogP contribution in [0.2, 0.25) is 5.02 Å². The number of aliphatic hydroxyl groups excluding tert-OH is 2. The van der Waals surface area contributed by atoms with Crippen molar-refractivity contribution >= 4 is 39.1 Å². The van der Waals surface area contributed by atoms with Gasteiger partial charge in [0, 0.05) is 36.1 Å². The zero-order valence-electron chi connectivity index (χ0n) is 17.9. The van der Waals surface area contributed by atoms with Gasteiger partial charge in [0.1, 0.15) is 4.83 Å². The molecule has 0 aliphatic carbocycles.